The molecule has 0 saturated carbocycles. The molecule has 0 bridgehead atoms. The molecule has 0 aliphatic carbocycles. The van der Waals surface area contributed by atoms with E-state index in [2.05, 4.69) is 20.5 Å². The molecule has 0 fully saturated rings. The van der Waals surface area contributed by atoms with E-state index in [1.54, 1.807) is 0 Å². The molecule has 1 heterocycles. The summed E-state index contributed by atoms with van der Waals surface area (Å²) in [7, 11) is 0. The maximum atomic E-state index is 8.64. The third-order valence-corrected chi connectivity index (χ3v) is 1.15. The lowest BCUT2D eigenvalue weighted by atomic mass is 10.4. The first-order valence-corrected chi connectivity index (χ1v) is 3.27. The van der Waals surface area contributed by atoms with Gasteiger partial charge in [0.25, 0.3) is 0 Å². The molecule has 6 nitrogen and oxygen atoms in total. The molecule has 11 heavy (non-hydrogen) atoms. The van der Waals surface area contributed by atoms with Crippen LogP contribution in [-0.2, 0) is 0 Å². The molecule has 1 aromatic rings. The minimum absolute atomic E-state index is 0.0362. The Kier molecular flexibility index (Phi) is 2.27. The molecule has 1 atom stereocenters. The van der Waals surface area contributed by atoms with Crippen molar-refractivity contribution in [3.63, 3.8) is 0 Å². The number of nitrogens with one attached hydrogen (secondary N) is 2. The van der Waals surface area contributed by atoms with Gasteiger partial charge >= 0.3 is 0 Å². The van der Waals surface area contributed by atoms with Crippen molar-refractivity contribution < 1.29 is 5.11 Å². The zero-order valence-corrected chi connectivity index (χ0v) is 6.20. The fourth-order valence-electron chi connectivity index (χ4n) is 0.605. The molecular formula is C5H11N5O. The highest BCUT2D eigenvalue weighted by atomic mass is 16.3. The Morgan fingerprint density at radius 3 is 3.00 bits per heavy atom. The van der Waals surface area contributed by atoms with Crippen LogP contribution in [-0.4, -0.2) is 32.9 Å². The number of nitrogens with two attached hydrogens (primary N) is 1. The van der Waals surface area contributed by atoms with Gasteiger partial charge in [-0.15, -0.1) is 5.10 Å². The predicted octanol–water partition coefficient (Wildman–Crippen LogP) is -0.820. The van der Waals surface area contributed by atoms with Crippen molar-refractivity contribution >= 4 is 11.9 Å². The second kappa shape index (κ2) is 3.20. The molecule has 6 heteroatoms. The van der Waals surface area contributed by atoms with Crippen molar-refractivity contribution in [1.82, 2.24) is 15.2 Å². The number of aromatic amines is 1. The van der Waals surface area contributed by atoms with Crippen molar-refractivity contribution in [2.45, 2.75) is 13.0 Å². The van der Waals surface area contributed by atoms with Crippen LogP contribution in [0.4, 0.5) is 11.9 Å². The molecular weight excluding hydrogens is 146 g/mol. The lowest BCUT2D eigenvalue weighted by molar-refractivity contribution is 0.281. The first-order chi connectivity index (χ1) is 5.22. The number of aliphatic hydroxyl groups is 1. The fraction of sp³-hybridized carbons (Fsp3) is 0.600. The van der Waals surface area contributed by atoms with Crippen LogP contribution in [0.5, 0.6) is 0 Å². The van der Waals surface area contributed by atoms with E-state index in [9.17, 15) is 0 Å². The zero-order chi connectivity index (χ0) is 8.27. The maximum absolute atomic E-state index is 8.64. The van der Waals surface area contributed by atoms with Gasteiger partial charge in [-0.3, -0.25) is 0 Å². The molecule has 0 amide bonds. The Morgan fingerprint density at radius 2 is 2.55 bits per heavy atom. The Labute approximate surface area is 63.8 Å². The van der Waals surface area contributed by atoms with Crippen molar-refractivity contribution in [2.24, 2.45) is 0 Å². The molecule has 0 aliphatic heterocycles. The molecule has 0 aliphatic rings. The second-order valence-corrected chi connectivity index (χ2v) is 2.27. The second-order valence-electron chi connectivity index (χ2n) is 2.27. The van der Waals surface area contributed by atoms with Gasteiger partial charge in [0, 0.05) is 6.04 Å². The van der Waals surface area contributed by atoms with Crippen LogP contribution in [0.3, 0.4) is 0 Å². The molecule has 0 spiro atoms. The zero-order valence-electron chi connectivity index (χ0n) is 6.20. The van der Waals surface area contributed by atoms with Crippen LogP contribution in [0.15, 0.2) is 0 Å². The number of hydrogen-bond donors (Lipinski definition) is 4. The summed E-state index contributed by atoms with van der Waals surface area (Å²) in [6, 6.07) is -0.0646. The summed E-state index contributed by atoms with van der Waals surface area (Å²) in [5, 5.41) is 17.7. The summed E-state index contributed by atoms with van der Waals surface area (Å²) in [6.45, 7) is 1.85. The Bertz CT molecular complexity index is 222. The van der Waals surface area contributed by atoms with E-state index in [4.69, 9.17) is 10.8 Å². The molecule has 62 valence electrons. The highest BCUT2D eigenvalue weighted by Gasteiger charge is 2.02. The van der Waals surface area contributed by atoms with Gasteiger partial charge in [0.15, 0.2) is 0 Å². The first-order valence-electron chi connectivity index (χ1n) is 3.27. The van der Waals surface area contributed by atoms with E-state index in [1.807, 2.05) is 6.92 Å². The number of rotatable bonds is 3. The number of nitrogens with zero attached hydrogens (tertiary/aromatic N) is 2. The van der Waals surface area contributed by atoms with Crippen LogP contribution in [0.1, 0.15) is 6.92 Å². The number of nitrogen functional groups attached to an aromatic ring is 1. The summed E-state index contributed by atoms with van der Waals surface area (Å²) in [5.41, 5.74) is 5.26. The summed E-state index contributed by atoms with van der Waals surface area (Å²) < 4.78 is 0. The van der Waals surface area contributed by atoms with Gasteiger partial charge in [-0.1, -0.05) is 0 Å². The third-order valence-electron chi connectivity index (χ3n) is 1.15. The average molecular weight is 157 g/mol. The molecule has 1 aromatic heterocycles. The summed E-state index contributed by atoms with van der Waals surface area (Å²) in [5.74, 6) is 0.668. The van der Waals surface area contributed by atoms with Gasteiger partial charge < -0.3 is 16.2 Å². The molecule has 5 N–H and O–H groups in total. The van der Waals surface area contributed by atoms with E-state index in [0.717, 1.165) is 0 Å². The fourth-order valence-corrected chi connectivity index (χ4v) is 0.605. The van der Waals surface area contributed by atoms with E-state index in [-0.39, 0.29) is 18.6 Å². The van der Waals surface area contributed by atoms with Gasteiger partial charge in [0.2, 0.25) is 11.9 Å². The smallest absolute Gasteiger partial charge is 0.243 e. The van der Waals surface area contributed by atoms with E-state index in [0.29, 0.717) is 5.95 Å². The van der Waals surface area contributed by atoms with Crippen molar-refractivity contribution in [3.05, 3.63) is 0 Å². The van der Waals surface area contributed by atoms with Crippen LogP contribution in [0.25, 0.3) is 0 Å². The monoisotopic (exact) mass is 157 g/mol. The van der Waals surface area contributed by atoms with Crippen molar-refractivity contribution in [3.8, 4) is 0 Å². The number of aromatic nitrogens is 3. The highest BCUT2D eigenvalue weighted by molar-refractivity contribution is 5.30. The lowest BCUT2D eigenvalue weighted by Crippen LogP contribution is -2.20. The van der Waals surface area contributed by atoms with Gasteiger partial charge in [0.05, 0.1) is 6.61 Å². The Balaban J connectivity index is 2.50. The molecule has 0 aromatic carbocycles. The van der Waals surface area contributed by atoms with Crippen LogP contribution < -0.4 is 11.1 Å². The predicted molar refractivity (Wildman–Crippen MR) is 41.0 cm³/mol. The Morgan fingerprint density at radius 1 is 1.82 bits per heavy atom. The van der Waals surface area contributed by atoms with Crippen molar-refractivity contribution in [1.29, 1.82) is 0 Å². The summed E-state index contributed by atoms with van der Waals surface area (Å²) >= 11 is 0. The SMILES string of the molecule is CC(CO)Nc1n[nH]c(N)n1. The summed E-state index contributed by atoms with van der Waals surface area (Å²) in [4.78, 5) is 3.79. The largest absolute Gasteiger partial charge is 0.394 e. The van der Waals surface area contributed by atoms with E-state index >= 15 is 0 Å². The van der Waals surface area contributed by atoms with Gasteiger partial charge in [-0.25, -0.2) is 5.10 Å². The molecule has 0 radical (unpaired) electrons. The van der Waals surface area contributed by atoms with E-state index in [1.165, 1.54) is 0 Å². The maximum Gasteiger partial charge on any atom is 0.243 e. The standard InChI is InChI=1S/C5H11N5O/c1-3(2-11)7-5-8-4(6)9-10-5/h3,11H,2H2,1H3,(H4,6,7,8,9,10). The van der Waals surface area contributed by atoms with Crippen LogP contribution in [0, 0.1) is 0 Å². The lowest BCUT2D eigenvalue weighted by Gasteiger charge is -2.06. The highest BCUT2D eigenvalue weighted by Crippen LogP contribution is 2.00. The van der Waals surface area contributed by atoms with Gasteiger partial charge in [-0.05, 0) is 6.92 Å². The summed E-state index contributed by atoms with van der Waals surface area (Å²) in [6.07, 6.45) is 0. The quantitative estimate of drug-likeness (QED) is 0.459. The number of H-pyrrole nitrogens is 1. The number of aliphatic hydroxyl groups excluding tert-OH is 1. The minimum Gasteiger partial charge on any atom is -0.394 e. The third kappa shape index (κ3) is 2.08. The van der Waals surface area contributed by atoms with Crippen molar-refractivity contribution in [2.75, 3.05) is 17.7 Å². The first kappa shape index (κ1) is 7.80. The minimum atomic E-state index is -0.0646. The van der Waals surface area contributed by atoms with Crippen LogP contribution in [0.2, 0.25) is 0 Å². The van der Waals surface area contributed by atoms with E-state index < -0.39 is 0 Å². The molecule has 1 rings (SSSR count). The normalized spacial score (nSPS) is 12.9. The Hall–Kier alpha value is -1.30. The average Bonchev–Trinajstić information content (AvgIpc) is 2.35. The van der Waals surface area contributed by atoms with Gasteiger partial charge in [0.1, 0.15) is 0 Å². The number of hydrogen-bond acceptors (Lipinski definition) is 5. The van der Waals surface area contributed by atoms with Gasteiger partial charge in [-0.2, -0.15) is 4.98 Å². The molecule has 1 unspecified atom stereocenters. The molecule has 0 saturated heterocycles. The van der Waals surface area contributed by atoms with Crippen LogP contribution >= 0.6 is 0 Å². The topological polar surface area (TPSA) is 99.8 Å². The number of anilines is 2.